The summed E-state index contributed by atoms with van der Waals surface area (Å²) in [5.74, 6) is -0.0173. The summed E-state index contributed by atoms with van der Waals surface area (Å²) in [6.07, 6.45) is 8.74. The monoisotopic (exact) mass is 224 g/mol. The molecule has 0 radical (unpaired) electrons. The Labute approximate surface area is 99.1 Å². The van der Waals surface area contributed by atoms with Crippen LogP contribution in [0.3, 0.4) is 0 Å². The first-order valence-electron chi connectivity index (χ1n) is 6.57. The molecule has 2 heteroatoms. The fourth-order valence-electron chi connectivity index (χ4n) is 1.70. The fraction of sp³-hybridized carbons (Fsp3) is 0.786. The van der Waals surface area contributed by atoms with Gasteiger partial charge in [-0.3, -0.25) is 4.79 Å². The van der Waals surface area contributed by atoms with E-state index in [1.165, 1.54) is 24.8 Å². The molecule has 0 N–H and O–H groups in total. The van der Waals surface area contributed by atoms with Gasteiger partial charge in [0.05, 0.1) is 5.92 Å². The maximum absolute atomic E-state index is 11.7. The van der Waals surface area contributed by atoms with Crippen molar-refractivity contribution < 1.29 is 9.53 Å². The van der Waals surface area contributed by atoms with E-state index in [1.807, 2.05) is 13.8 Å². The first-order chi connectivity index (χ1) is 7.67. The normalized spacial score (nSPS) is 18.6. The number of hydrogen-bond donors (Lipinski definition) is 0. The first-order valence-corrected chi connectivity index (χ1v) is 6.57. The Morgan fingerprint density at radius 3 is 2.56 bits per heavy atom. The standard InChI is InChI=1S/C14H24O2/c1-4-7-13(10-12-8-6-9-12)16-14(15)11(3)5-2/h10-11,13H,4-9H2,1-3H3. The zero-order valence-electron chi connectivity index (χ0n) is 10.8. The third kappa shape index (κ3) is 3.99. The highest BCUT2D eigenvalue weighted by atomic mass is 16.5. The minimum atomic E-state index is -0.0443. The molecule has 1 rings (SSSR count). The zero-order valence-corrected chi connectivity index (χ0v) is 10.8. The number of rotatable bonds is 6. The molecular weight excluding hydrogens is 200 g/mol. The summed E-state index contributed by atoms with van der Waals surface area (Å²) >= 11 is 0. The van der Waals surface area contributed by atoms with Crippen molar-refractivity contribution in [3.8, 4) is 0 Å². The molecule has 0 bridgehead atoms. The van der Waals surface area contributed by atoms with Crippen molar-refractivity contribution in [1.29, 1.82) is 0 Å². The lowest BCUT2D eigenvalue weighted by atomic mass is 9.90. The van der Waals surface area contributed by atoms with Crippen molar-refractivity contribution >= 4 is 5.97 Å². The first kappa shape index (κ1) is 13.3. The van der Waals surface area contributed by atoms with Gasteiger partial charge in [0.25, 0.3) is 0 Å². The van der Waals surface area contributed by atoms with E-state index in [0.717, 1.165) is 19.3 Å². The maximum Gasteiger partial charge on any atom is 0.309 e. The van der Waals surface area contributed by atoms with Gasteiger partial charge in [-0.2, -0.15) is 0 Å². The molecule has 0 heterocycles. The molecule has 1 saturated carbocycles. The largest absolute Gasteiger partial charge is 0.458 e. The number of allylic oxidation sites excluding steroid dienone is 1. The summed E-state index contributed by atoms with van der Waals surface area (Å²) in [6.45, 7) is 6.08. The van der Waals surface area contributed by atoms with Crippen LogP contribution in [0.4, 0.5) is 0 Å². The van der Waals surface area contributed by atoms with Crippen molar-refractivity contribution in [1.82, 2.24) is 0 Å². The Hall–Kier alpha value is -0.790. The van der Waals surface area contributed by atoms with E-state index in [9.17, 15) is 4.79 Å². The second-order valence-corrected chi connectivity index (χ2v) is 4.75. The van der Waals surface area contributed by atoms with Crippen molar-refractivity contribution in [2.75, 3.05) is 0 Å². The second-order valence-electron chi connectivity index (χ2n) is 4.75. The van der Waals surface area contributed by atoms with Crippen LogP contribution in [0.1, 0.15) is 59.3 Å². The van der Waals surface area contributed by atoms with E-state index in [1.54, 1.807) is 0 Å². The quantitative estimate of drug-likeness (QED) is 0.506. The minimum absolute atomic E-state index is 0.0156. The Kier molecular flexibility index (Phi) is 5.58. The van der Waals surface area contributed by atoms with Gasteiger partial charge in [0, 0.05) is 0 Å². The Morgan fingerprint density at radius 2 is 2.12 bits per heavy atom. The molecule has 0 aromatic carbocycles. The predicted octanol–water partition coefficient (Wildman–Crippen LogP) is 3.85. The third-order valence-corrected chi connectivity index (χ3v) is 3.27. The summed E-state index contributed by atoms with van der Waals surface area (Å²) in [5, 5.41) is 0. The highest BCUT2D eigenvalue weighted by Crippen LogP contribution is 2.27. The maximum atomic E-state index is 11.7. The van der Waals surface area contributed by atoms with Gasteiger partial charge in [0.1, 0.15) is 6.10 Å². The molecule has 2 nitrogen and oxygen atoms in total. The van der Waals surface area contributed by atoms with E-state index >= 15 is 0 Å². The number of carbonyl (C=O) groups excluding carboxylic acids is 1. The van der Waals surface area contributed by atoms with Crippen LogP contribution in [0.5, 0.6) is 0 Å². The average Bonchev–Trinajstić information content (AvgIpc) is 2.22. The molecule has 0 spiro atoms. The summed E-state index contributed by atoms with van der Waals surface area (Å²) in [4.78, 5) is 11.7. The van der Waals surface area contributed by atoms with Gasteiger partial charge < -0.3 is 4.74 Å². The molecule has 92 valence electrons. The molecular formula is C14H24O2. The molecule has 0 amide bonds. The molecule has 2 atom stereocenters. The molecule has 0 aromatic rings. The van der Waals surface area contributed by atoms with E-state index in [2.05, 4.69) is 13.0 Å². The predicted molar refractivity (Wildman–Crippen MR) is 66.2 cm³/mol. The van der Waals surface area contributed by atoms with Gasteiger partial charge in [-0.1, -0.05) is 32.8 Å². The lowest BCUT2D eigenvalue weighted by Gasteiger charge is -2.21. The number of esters is 1. The Bertz CT molecular complexity index is 249. The lowest BCUT2D eigenvalue weighted by Crippen LogP contribution is -2.22. The SMILES string of the molecule is CCCC(C=C1CCC1)OC(=O)C(C)CC. The highest BCUT2D eigenvalue weighted by molar-refractivity contribution is 5.72. The number of carbonyl (C=O) groups is 1. The number of hydrogen-bond acceptors (Lipinski definition) is 2. The van der Waals surface area contributed by atoms with Crippen molar-refractivity contribution in [3.05, 3.63) is 11.6 Å². The summed E-state index contributed by atoms with van der Waals surface area (Å²) in [5.41, 5.74) is 1.47. The van der Waals surface area contributed by atoms with Crippen LogP contribution in [0.25, 0.3) is 0 Å². The molecule has 1 fully saturated rings. The van der Waals surface area contributed by atoms with E-state index in [-0.39, 0.29) is 18.0 Å². The van der Waals surface area contributed by atoms with Gasteiger partial charge in [0.2, 0.25) is 0 Å². The summed E-state index contributed by atoms with van der Waals surface area (Å²) < 4.78 is 5.53. The van der Waals surface area contributed by atoms with Gasteiger partial charge in [-0.15, -0.1) is 0 Å². The minimum Gasteiger partial charge on any atom is -0.458 e. The smallest absolute Gasteiger partial charge is 0.309 e. The average molecular weight is 224 g/mol. The molecule has 2 unspecified atom stereocenters. The van der Waals surface area contributed by atoms with Gasteiger partial charge in [-0.05, 0) is 38.2 Å². The number of ether oxygens (including phenoxy) is 1. The van der Waals surface area contributed by atoms with Crippen LogP contribution in [0.15, 0.2) is 11.6 Å². The molecule has 1 aliphatic rings. The fourth-order valence-corrected chi connectivity index (χ4v) is 1.70. The van der Waals surface area contributed by atoms with Crippen LogP contribution >= 0.6 is 0 Å². The van der Waals surface area contributed by atoms with Gasteiger partial charge in [0.15, 0.2) is 0 Å². The van der Waals surface area contributed by atoms with E-state index in [0.29, 0.717) is 0 Å². The Morgan fingerprint density at radius 1 is 1.44 bits per heavy atom. The third-order valence-electron chi connectivity index (χ3n) is 3.27. The van der Waals surface area contributed by atoms with E-state index < -0.39 is 0 Å². The molecule has 0 saturated heterocycles. The van der Waals surface area contributed by atoms with Crippen LogP contribution in [-0.4, -0.2) is 12.1 Å². The van der Waals surface area contributed by atoms with Crippen LogP contribution in [0.2, 0.25) is 0 Å². The summed E-state index contributed by atoms with van der Waals surface area (Å²) in [7, 11) is 0. The topological polar surface area (TPSA) is 26.3 Å². The molecule has 16 heavy (non-hydrogen) atoms. The van der Waals surface area contributed by atoms with Gasteiger partial charge in [-0.25, -0.2) is 0 Å². The second kappa shape index (κ2) is 6.72. The van der Waals surface area contributed by atoms with Crippen molar-refractivity contribution in [2.45, 2.75) is 65.4 Å². The van der Waals surface area contributed by atoms with Crippen LogP contribution in [-0.2, 0) is 9.53 Å². The van der Waals surface area contributed by atoms with Crippen molar-refractivity contribution in [3.63, 3.8) is 0 Å². The Balaban J connectivity index is 2.46. The molecule has 1 aliphatic carbocycles. The van der Waals surface area contributed by atoms with Gasteiger partial charge >= 0.3 is 5.97 Å². The highest BCUT2D eigenvalue weighted by Gasteiger charge is 2.18. The molecule has 0 aliphatic heterocycles. The molecule has 0 aromatic heterocycles. The lowest BCUT2D eigenvalue weighted by molar-refractivity contribution is -0.151. The summed E-state index contributed by atoms with van der Waals surface area (Å²) in [6, 6.07) is 0. The van der Waals surface area contributed by atoms with Crippen LogP contribution < -0.4 is 0 Å². The zero-order chi connectivity index (χ0) is 12.0. The van der Waals surface area contributed by atoms with Crippen molar-refractivity contribution in [2.24, 2.45) is 5.92 Å². The van der Waals surface area contributed by atoms with Crippen LogP contribution in [0, 0.1) is 5.92 Å². The van der Waals surface area contributed by atoms with E-state index in [4.69, 9.17) is 4.74 Å².